The van der Waals surface area contributed by atoms with Crippen molar-refractivity contribution in [1.82, 2.24) is 4.90 Å². The van der Waals surface area contributed by atoms with E-state index in [0.717, 1.165) is 5.56 Å². The van der Waals surface area contributed by atoms with Crippen LogP contribution in [0.25, 0.3) is 0 Å². The molecule has 1 aromatic carbocycles. The van der Waals surface area contributed by atoms with Crippen LogP contribution in [-0.4, -0.2) is 34.8 Å². The van der Waals surface area contributed by atoms with Crippen LogP contribution in [0.15, 0.2) is 30.3 Å². The Hall–Kier alpha value is -0.770. The molecular weight excluding hydrogens is 297 g/mol. The second-order valence-electron chi connectivity index (χ2n) is 5.73. The fraction of sp³-hybridized carbons (Fsp3) is 0.533. The van der Waals surface area contributed by atoms with Crippen LogP contribution in [0, 0.1) is 5.41 Å². The van der Waals surface area contributed by atoms with Crippen molar-refractivity contribution in [2.75, 3.05) is 19.7 Å². The highest BCUT2D eigenvalue weighted by Crippen LogP contribution is 2.64. The molecule has 0 radical (unpaired) electrons. The molecule has 3 nitrogen and oxygen atoms in total. The van der Waals surface area contributed by atoms with Gasteiger partial charge in [-0.05, 0) is 18.9 Å². The maximum Gasteiger partial charge on any atom is 0.231 e. The number of nitrogens with zero attached hydrogens (tertiary/aromatic N) is 1. The van der Waals surface area contributed by atoms with Crippen molar-refractivity contribution >= 4 is 29.1 Å². The van der Waals surface area contributed by atoms with Crippen LogP contribution in [0.3, 0.4) is 0 Å². The normalized spacial score (nSPS) is 31.9. The molecule has 2 unspecified atom stereocenters. The summed E-state index contributed by atoms with van der Waals surface area (Å²) in [6, 6.07) is 9.96. The molecule has 2 fully saturated rings. The zero-order valence-corrected chi connectivity index (χ0v) is 12.8. The number of rotatable bonds is 2. The van der Waals surface area contributed by atoms with Gasteiger partial charge in [0.05, 0.1) is 18.6 Å². The molecule has 1 amide bonds. The molecular formula is C15H17Cl2NO2. The van der Waals surface area contributed by atoms with Gasteiger partial charge >= 0.3 is 0 Å². The van der Waals surface area contributed by atoms with Crippen LogP contribution in [0.1, 0.15) is 25.0 Å². The molecule has 0 aromatic heterocycles. The Morgan fingerprint density at radius 1 is 1.35 bits per heavy atom. The van der Waals surface area contributed by atoms with Gasteiger partial charge in [-0.2, -0.15) is 0 Å². The number of halogens is 2. The molecule has 2 aliphatic rings. The second kappa shape index (κ2) is 4.90. The fourth-order valence-electron chi connectivity index (χ4n) is 2.68. The highest BCUT2D eigenvalue weighted by atomic mass is 35.5. The van der Waals surface area contributed by atoms with Crippen LogP contribution in [0.2, 0.25) is 0 Å². The molecule has 5 heteroatoms. The number of amides is 1. The van der Waals surface area contributed by atoms with Gasteiger partial charge in [0, 0.05) is 6.54 Å². The highest BCUT2D eigenvalue weighted by Gasteiger charge is 2.68. The van der Waals surface area contributed by atoms with Crippen molar-refractivity contribution < 1.29 is 9.53 Å². The van der Waals surface area contributed by atoms with E-state index in [-0.39, 0.29) is 12.0 Å². The summed E-state index contributed by atoms with van der Waals surface area (Å²) in [5.74, 6) is 0.0340. The van der Waals surface area contributed by atoms with Crippen molar-refractivity contribution in [2.24, 2.45) is 5.41 Å². The average molecular weight is 314 g/mol. The number of ether oxygens (including phenoxy) is 1. The lowest BCUT2D eigenvalue weighted by Crippen LogP contribution is -2.46. The van der Waals surface area contributed by atoms with Crippen molar-refractivity contribution in [3.63, 3.8) is 0 Å². The standard InChI is InChI=1S/C15H17Cl2NO2/c1-14(10-15(14,16)17)13(19)18-7-8-20-12(9-18)11-5-3-2-4-6-11/h2-6,12H,7-10H2,1H3. The number of alkyl halides is 2. The molecule has 1 aliphatic heterocycles. The smallest absolute Gasteiger partial charge is 0.231 e. The molecule has 20 heavy (non-hydrogen) atoms. The first-order valence-corrected chi connectivity index (χ1v) is 7.53. The minimum atomic E-state index is -0.912. The van der Waals surface area contributed by atoms with Crippen LogP contribution in [-0.2, 0) is 9.53 Å². The number of hydrogen-bond acceptors (Lipinski definition) is 2. The lowest BCUT2D eigenvalue weighted by atomic mass is 10.0. The summed E-state index contributed by atoms with van der Waals surface area (Å²) in [6.45, 7) is 3.53. The summed E-state index contributed by atoms with van der Waals surface area (Å²) in [5, 5.41) is 0. The van der Waals surface area contributed by atoms with Crippen molar-refractivity contribution in [3.8, 4) is 0 Å². The van der Waals surface area contributed by atoms with Crippen LogP contribution >= 0.6 is 23.2 Å². The lowest BCUT2D eigenvalue weighted by molar-refractivity contribution is -0.144. The molecule has 0 bridgehead atoms. The Morgan fingerprint density at radius 3 is 2.60 bits per heavy atom. The Kier molecular flexibility index (Phi) is 3.47. The third-order valence-electron chi connectivity index (χ3n) is 4.25. The predicted octanol–water partition coefficient (Wildman–Crippen LogP) is 3.17. The third kappa shape index (κ3) is 2.32. The summed E-state index contributed by atoms with van der Waals surface area (Å²) in [4.78, 5) is 14.4. The average Bonchev–Trinajstić information content (AvgIpc) is 2.99. The van der Waals surface area contributed by atoms with E-state index in [0.29, 0.717) is 26.1 Å². The van der Waals surface area contributed by atoms with E-state index in [9.17, 15) is 4.79 Å². The van der Waals surface area contributed by atoms with Crippen molar-refractivity contribution in [2.45, 2.75) is 23.8 Å². The van der Waals surface area contributed by atoms with Gasteiger partial charge in [0.1, 0.15) is 10.4 Å². The molecule has 1 saturated carbocycles. The van der Waals surface area contributed by atoms with E-state index in [2.05, 4.69) is 0 Å². The number of benzene rings is 1. The van der Waals surface area contributed by atoms with Gasteiger partial charge in [0.15, 0.2) is 0 Å². The highest BCUT2D eigenvalue weighted by molar-refractivity contribution is 6.53. The molecule has 0 spiro atoms. The fourth-order valence-corrected chi connectivity index (χ4v) is 3.38. The molecule has 1 saturated heterocycles. The topological polar surface area (TPSA) is 29.5 Å². The largest absolute Gasteiger partial charge is 0.370 e. The third-order valence-corrected chi connectivity index (χ3v) is 5.36. The molecule has 1 aromatic rings. The zero-order valence-electron chi connectivity index (χ0n) is 11.3. The van der Waals surface area contributed by atoms with Gasteiger partial charge in [-0.25, -0.2) is 0 Å². The quantitative estimate of drug-likeness (QED) is 0.785. The first-order chi connectivity index (χ1) is 9.44. The van der Waals surface area contributed by atoms with Gasteiger partial charge < -0.3 is 9.64 Å². The first kappa shape index (κ1) is 14.2. The maximum atomic E-state index is 12.6. The lowest BCUT2D eigenvalue weighted by Gasteiger charge is -2.35. The molecule has 2 atom stereocenters. The molecule has 108 valence electrons. The van der Waals surface area contributed by atoms with E-state index < -0.39 is 9.75 Å². The second-order valence-corrected chi connectivity index (χ2v) is 7.22. The summed E-state index contributed by atoms with van der Waals surface area (Å²) >= 11 is 12.2. The Balaban J connectivity index is 1.72. The van der Waals surface area contributed by atoms with Crippen molar-refractivity contribution in [1.29, 1.82) is 0 Å². The molecule has 0 N–H and O–H groups in total. The summed E-state index contributed by atoms with van der Waals surface area (Å²) in [7, 11) is 0. The van der Waals surface area contributed by atoms with Gasteiger partial charge in [-0.15, -0.1) is 23.2 Å². The summed E-state index contributed by atoms with van der Waals surface area (Å²) < 4.78 is 4.86. The monoisotopic (exact) mass is 313 g/mol. The predicted molar refractivity (Wildman–Crippen MR) is 78.9 cm³/mol. The summed E-state index contributed by atoms with van der Waals surface area (Å²) in [5.41, 5.74) is 0.447. The van der Waals surface area contributed by atoms with Crippen LogP contribution < -0.4 is 0 Å². The summed E-state index contributed by atoms with van der Waals surface area (Å²) in [6.07, 6.45) is 0.450. The Bertz CT molecular complexity index is 520. The van der Waals surface area contributed by atoms with Crippen LogP contribution in [0.5, 0.6) is 0 Å². The number of morpholine rings is 1. The molecule has 3 rings (SSSR count). The van der Waals surface area contributed by atoms with E-state index >= 15 is 0 Å². The number of carbonyl (C=O) groups excluding carboxylic acids is 1. The minimum absolute atomic E-state index is 0.0340. The Labute approximate surface area is 128 Å². The molecule has 1 heterocycles. The number of hydrogen-bond donors (Lipinski definition) is 0. The maximum absolute atomic E-state index is 12.6. The molecule has 1 aliphatic carbocycles. The van der Waals surface area contributed by atoms with Gasteiger partial charge in [0.2, 0.25) is 5.91 Å². The Morgan fingerprint density at radius 2 is 2.00 bits per heavy atom. The van der Waals surface area contributed by atoms with Gasteiger partial charge in [0.25, 0.3) is 0 Å². The van der Waals surface area contributed by atoms with Gasteiger partial charge in [-0.3, -0.25) is 4.79 Å². The first-order valence-electron chi connectivity index (χ1n) is 6.78. The minimum Gasteiger partial charge on any atom is -0.370 e. The van der Waals surface area contributed by atoms with E-state index in [1.807, 2.05) is 42.2 Å². The number of carbonyl (C=O) groups is 1. The van der Waals surface area contributed by atoms with Crippen LogP contribution in [0.4, 0.5) is 0 Å². The van der Waals surface area contributed by atoms with E-state index in [4.69, 9.17) is 27.9 Å². The van der Waals surface area contributed by atoms with E-state index in [1.54, 1.807) is 0 Å². The van der Waals surface area contributed by atoms with Crippen molar-refractivity contribution in [3.05, 3.63) is 35.9 Å². The SMILES string of the molecule is CC1(C(=O)N2CCOC(c3ccccc3)C2)CC1(Cl)Cl. The van der Waals surface area contributed by atoms with E-state index in [1.165, 1.54) is 0 Å². The zero-order chi connectivity index (χ0) is 14.4. The van der Waals surface area contributed by atoms with Gasteiger partial charge in [-0.1, -0.05) is 30.3 Å².